The molecule has 1 aliphatic carbocycles. The summed E-state index contributed by atoms with van der Waals surface area (Å²) < 4.78 is 29.2. The fourth-order valence-corrected chi connectivity index (χ4v) is 7.41. The van der Waals surface area contributed by atoms with Crippen LogP contribution in [0.3, 0.4) is 0 Å². The summed E-state index contributed by atoms with van der Waals surface area (Å²) in [5.41, 5.74) is 1.96. The van der Waals surface area contributed by atoms with Crippen molar-refractivity contribution in [2.24, 2.45) is 0 Å². The minimum Gasteiger partial charge on any atom is -0.352 e. The van der Waals surface area contributed by atoms with Gasteiger partial charge in [0.2, 0.25) is 11.8 Å². The number of amides is 2. The highest BCUT2D eigenvalue weighted by Crippen LogP contribution is 2.26. The fourth-order valence-electron chi connectivity index (χ4n) is 5.74. The Hall–Kier alpha value is -3.85. The van der Waals surface area contributed by atoms with E-state index in [1.54, 1.807) is 54.6 Å². The van der Waals surface area contributed by atoms with E-state index in [0.29, 0.717) is 15.7 Å². The third-order valence-electron chi connectivity index (χ3n) is 8.21. The van der Waals surface area contributed by atoms with E-state index in [9.17, 15) is 18.0 Å². The number of rotatable bonds is 12. The van der Waals surface area contributed by atoms with Crippen LogP contribution >= 0.6 is 23.2 Å². The Morgan fingerprint density at radius 1 is 0.739 bits per heavy atom. The van der Waals surface area contributed by atoms with Crippen molar-refractivity contribution in [3.05, 3.63) is 130 Å². The van der Waals surface area contributed by atoms with E-state index < -0.39 is 28.5 Å². The van der Waals surface area contributed by atoms with E-state index in [2.05, 4.69) is 5.32 Å². The molecule has 240 valence electrons. The van der Waals surface area contributed by atoms with Gasteiger partial charge < -0.3 is 10.2 Å². The SMILES string of the molecule is O=C(NC1CCCCC1)C(Cc1ccccc1)N(Cc1ccc(Cl)cc1)C(=O)CN(c1ccccc1)S(=O)(=O)c1ccc(Cl)cc1. The summed E-state index contributed by atoms with van der Waals surface area (Å²) in [6.45, 7) is -0.445. The van der Waals surface area contributed by atoms with Gasteiger partial charge in [-0.05, 0) is 72.5 Å². The van der Waals surface area contributed by atoms with Crippen molar-refractivity contribution in [1.82, 2.24) is 10.2 Å². The number of nitrogens with zero attached hydrogens (tertiary/aromatic N) is 2. The second kappa shape index (κ2) is 15.6. The molecule has 0 heterocycles. The van der Waals surface area contributed by atoms with E-state index >= 15 is 0 Å². The summed E-state index contributed by atoms with van der Waals surface area (Å²) >= 11 is 12.2. The van der Waals surface area contributed by atoms with Crippen LogP contribution in [0.1, 0.15) is 43.2 Å². The third kappa shape index (κ3) is 8.69. The number of halogens is 2. The van der Waals surface area contributed by atoms with Crippen molar-refractivity contribution in [3.63, 3.8) is 0 Å². The number of benzene rings is 4. The Labute approximate surface area is 281 Å². The largest absolute Gasteiger partial charge is 0.352 e. The molecule has 0 aromatic heterocycles. The Morgan fingerprint density at radius 3 is 1.91 bits per heavy atom. The number of nitrogens with one attached hydrogen (secondary N) is 1. The normalized spacial score (nSPS) is 14.3. The summed E-state index contributed by atoms with van der Waals surface area (Å²) in [7, 11) is -4.20. The standard InChI is InChI=1S/C36H37Cl2N3O4S/c37-29-18-16-28(17-19-29)25-40(34(24-27-10-4-1-5-11-27)36(43)39-31-12-6-2-7-13-31)35(42)26-41(32-14-8-3-9-15-32)46(44,45)33-22-20-30(38)21-23-33/h1,3-5,8-11,14-23,31,34H,2,6-7,12-13,24-26H2,(H,39,43). The number of hydrogen-bond acceptors (Lipinski definition) is 4. The van der Waals surface area contributed by atoms with Crippen molar-refractivity contribution in [3.8, 4) is 0 Å². The van der Waals surface area contributed by atoms with E-state index in [1.807, 2.05) is 30.3 Å². The Bertz CT molecular complexity index is 1700. The summed E-state index contributed by atoms with van der Waals surface area (Å²) in [4.78, 5) is 30.2. The summed E-state index contributed by atoms with van der Waals surface area (Å²) in [5.74, 6) is -0.777. The first-order valence-corrected chi connectivity index (χ1v) is 17.6. The molecule has 1 fully saturated rings. The molecule has 1 aliphatic rings. The number of para-hydroxylation sites is 1. The van der Waals surface area contributed by atoms with Crippen LogP contribution in [0.15, 0.2) is 114 Å². The van der Waals surface area contributed by atoms with Crippen molar-refractivity contribution in [2.45, 2.75) is 62.0 Å². The quantitative estimate of drug-likeness (QED) is 0.171. The molecule has 1 atom stereocenters. The topological polar surface area (TPSA) is 86.8 Å². The smallest absolute Gasteiger partial charge is 0.264 e. The molecule has 0 bridgehead atoms. The number of hydrogen-bond donors (Lipinski definition) is 1. The first-order chi connectivity index (χ1) is 22.2. The van der Waals surface area contributed by atoms with Gasteiger partial charge in [0.15, 0.2) is 0 Å². The molecule has 46 heavy (non-hydrogen) atoms. The van der Waals surface area contributed by atoms with Crippen molar-refractivity contribution in [2.75, 3.05) is 10.8 Å². The number of sulfonamides is 1. The van der Waals surface area contributed by atoms with Crippen molar-refractivity contribution >= 4 is 50.7 Å². The summed E-state index contributed by atoms with van der Waals surface area (Å²) in [6.07, 6.45) is 5.24. The van der Waals surface area contributed by atoms with Gasteiger partial charge in [-0.3, -0.25) is 13.9 Å². The lowest BCUT2D eigenvalue weighted by Crippen LogP contribution is -2.55. The molecule has 1 unspecified atom stereocenters. The van der Waals surface area contributed by atoms with Crippen LogP contribution in [-0.2, 0) is 32.6 Å². The van der Waals surface area contributed by atoms with Crippen LogP contribution < -0.4 is 9.62 Å². The lowest BCUT2D eigenvalue weighted by molar-refractivity contribution is -0.140. The third-order valence-corrected chi connectivity index (χ3v) is 10.5. The first-order valence-electron chi connectivity index (χ1n) is 15.4. The van der Waals surface area contributed by atoms with Crippen molar-refractivity contribution < 1.29 is 18.0 Å². The molecule has 0 saturated heterocycles. The lowest BCUT2D eigenvalue weighted by atomic mass is 9.94. The molecule has 4 aromatic rings. The molecule has 1 N–H and O–H groups in total. The first kappa shape index (κ1) is 33.5. The highest BCUT2D eigenvalue weighted by Gasteiger charge is 2.35. The minimum atomic E-state index is -4.20. The van der Waals surface area contributed by atoms with Gasteiger partial charge in [-0.15, -0.1) is 0 Å². The van der Waals surface area contributed by atoms with Crippen molar-refractivity contribution in [1.29, 1.82) is 0 Å². The monoisotopic (exact) mass is 677 g/mol. The number of carbonyl (C=O) groups excluding carboxylic acids is 2. The second-order valence-electron chi connectivity index (χ2n) is 11.5. The molecule has 10 heteroatoms. The lowest BCUT2D eigenvalue weighted by Gasteiger charge is -2.35. The van der Waals surface area contributed by atoms with Gasteiger partial charge in [0, 0.05) is 29.1 Å². The van der Waals surface area contributed by atoms with E-state index in [-0.39, 0.29) is 29.8 Å². The Balaban J connectivity index is 1.54. The summed E-state index contributed by atoms with van der Waals surface area (Å²) in [6, 6.07) is 30.0. The van der Waals surface area contributed by atoms with Gasteiger partial charge in [0.05, 0.1) is 10.6 Å². The van der Waals surface area contributed by atoms with Crippen LogP contribution in [0.4, 0.5) is 5.69 Å². The van der Waals surface area contributed by atoms with Gasteiger partial charge in [-0.25, -0.2) is 8.42 Å². The minimum absolute atomic E-state index is 0.00585. The molecule has 4 aromatic carbocycles. The average Bonchev–Trinajstić information content (AvgIpc) is 3.07. The number of anilines is 1. The molecule has 7 nitrogen and oxygen atoms in total. The molecular formula is C36H37Cl2N3O4S. The van der Waals surface area contributed by atoms with Crippen LogP contribution in [0.5, 0.6) is 0 Å². The maximum atomic E-state index is 14.6. The average molecular weight is 679 g/mol. The van der Waals surface area contributed by atoms with E-state index in [1.165, 1.54) is 29.2 Å². The fraction of sp³-hybridized carbons (Fsp3) is 0.278. The predicted octanol–water partition coefficient (Wildman–Crippen LogP) is 7.28. The molecule has 2 amide bonds. The van der Waals surface area contributed by atoms with Gasteiger partial charge in [-0.1, -0.05) is 103 Å². The highest BCUT2D eigenvalue weighted by molar-refractivity contribution is 7.92. The van der Waals surface area contributed by atoms with E-state index in [0.717, 1.165) is 47.5 Å². The zero-order chi connectivity index (χ0) is 32.5. The highest BCUT2D eigenvalue weighted by atomic mass is 35.5. The summed E-state index contributed by atoms with van der Waals surface area (Å²) in [5, 5.41) is 4.15. The second-order valence-corrected chi connectivity index (χ2v) is 14.2. The van der Waals surface area contributed by atoms with Gasteiger partial charge in [0.25, 0.3) is 10.0 Å². The maximum absolute atomic E-state index is 14.6. The predicted molar refractivity (Wildman–Crippen MR) is 183 cm³/mol. The van der Waals surface area contributed by atoms with Gasteiger partial charge in [0.1, 0.15) is 12.6 Å². The molecular weight excluding hydrogens is 641 g/mol. The molecule has 0 spiro atoms. The van der Waals surface area contributed by atoms with Crippen LogP contribution in [0, 0.1) is 0 Å². The van der Waals surface area contributed by atoms with Crippen LogP contribution in [0.25, 0.3) is 0 Å². The zero-order valence-electron chi connectivity index (χ0n) is 25.4. The van der Waals surface area contributed by atoms with E-state index in [4.69, 9.17) is 23.2 Å². The maximum Gasteiger partial charge on any atom is 0.264 e. The molecule has 1 saturated carbocycles. The Morgan fingerprint density at radius 2 is 1.30 bits per heavy atom. The molecule has 5 rings (SSSR count). The van der Waals surface area contributed by atoms with Crippen LogP contribution in [0.2, 0.25) is 10.0 Å². The molecule has 0 aliphatic heterocycles. The zero-order valence-corrected chi connectivity index (χ0v) is 27.7. The number of carbonyl (C=O) groups is 2. The Kier molecular flexibility index (Phi) is 11.4. The van der Waals surface area contributed by atoms with Crippen LogP contribution in [-0.4, -0.2) is 43.8 Å². The van der Waals surface area contributed by atoms with Gasteiger partial charge >= 0.3 is 0 Å². The van der Waals surface area contributed by atoms with Gasteiger partial charge in [-0.2, -0.15) is 0 Å². The molecule has 0 radical (unpaired) electrons.